The molecule has 0 aromatic carbocycles. The van der Waals surface area contributed by atoms with Crippen LogP contribution >= 0.6 is 0 Å². The number of aliphatic hydroxyl groups excluding tert-OH is 6. The third-order valence-corrected chi connectivity index (χ3v) is 2.76. The summed E-state index contributed by atoms with van der Waals surface area (Å²) >= 11 is 0. The Morgan fingerprint density at radius 2 is 1.31 bits per heavy atom. The van der Waals surface area contributed by atoms with Gasteiger partial charge in [-0.15, -0.1) is 0 Å². The lowest BCUT2D eigenvalue weighted by Crippen LogP contribution is -2.40. The van der Waals surface area contributed by atoms with Crippen LogP contribution < -0.4 is 0 Å². The maximum atomic E-state index is 9.62. The van der Waals surface area contributed by atoms with Gasteiger partial charge in [-0.2, -0.15) is 0 Å². The smallest absolute Gasteiger partial charge is 0.103 e. The van der Waals surface area contributed by atoms with Crippen LogP contribution in [0.2, 0.25) is 0 Å². The van der Waals surface area contributed by atoms with E-state index in [1.165, 1.54) is 0 Å². The van der Waals surface area contributed by atoms with Crippen LogP contribution in [-0.2, 0) is 0 Å². The summed E-state index contributed by atoms with van der Waals surface area (Å²) in [6.07, 6.45) is -4.30. The molecule has 16 heavy (non-hydrogen) atoms. The first-order valence-corrected chi connectivity index (χ1v) is 5.41. The van der Waals surface area contributed by atoms with Crippen LogP contribution in [0.5, 0.6) is 0 Å². The summed E-state index contributed by atoms with van der Waals surface area (Å²) in [6.45, 7) is 0.641. The van der Waals surface area contributed by atoms with Gasteiger partial charge in [0.2, 0.25) is 0 Å². The quantitative estimate of drug-likeness (QED) is 0.286. The Morgan fingerprint density at radius 3 is 1.69 bits per heavy atom. The summed E-state index contributed by atoms with van der Waals surface area (Å²) in [5.74, 6) is -0.446. The van der Waals surface area contributed by atoms with E-state index in [-0.39, 0.29) is 6.42 Å². The zero-order valence-corrected chi connectivity index (χ0v) is 9.40. The molecule has 0 spiro atoms. The van der Waals surface area contributed by atoms with Crippen molar-refractivity contribution in [2.75, 3.05) is 13.2 Å². The lowest BCUT2D eigenvalue weighted by molar-refractivity contribution is -0.0719. The van der Waals surface area contributed by atoms with Crippen LogP contribution in [0.15, 0.2) is 0 Å². The molecule has 0 aromatic heterocycles. The molecule has 5 atom stereocenters. The SMILES string of the molecule is CCC(CC(O)C(O)CO)C(O)C(O)CO. The summed E-state index contributed by atoms with van der Waals surface area (Å²) in [5.41, 5.74) is 0. The van der Waals surface area contributed by atoms with Gasteiger partial charge in [0.1, 0.15) is 12.2 Å². The Morgan fingerprint density at radius 1 is 0.812 bits per heavy atom. The third-order valence-electron chi connectivity index (χ3n) is 2.76. The zero-order chi connectivity index (χ0) is 12.7. The van der Waals surface area contributed by atoms with Gasteiger partial charge in [0, 0.05) is 0 Å². The molecule has 6 heteroatoms. The van der Waals surface area contributed by atoms with Crippen LogP contribution in [-0.4, -0.2) is 68.3 Å². The van der Waals surface area contributed by atoms with Crippen LogP contribution in [0.4, 0.5) is 0 Å². The van der Waals surface area contributed by atoms with Crippen molar-refractivity contribution in [3.8, 4) is 0 Å². The van der Waals surface area contributed by atoms with Gasteiger partial charge in [-0.25, -0.2) is 0 Å². The van der Waals surface area contributed by atoms with Crippen LogP contribution in [0.25, 0.3) is 0 Å². The third kappa shape index (κ3) is 4.73. The fourth-order valence-electron chi connectivity index (χ4n) is 1.56. The summed E-state index contributed by atoms with van der Waals surface area (Å²) in [5, 5.41) is 54.8. The predicted octanol–water partition coefficient (Wildman–Crippen LogP) is -2.17. The number of hydrogen-bond donors (Lipinski definition) is 6. The summed E-state index contributed by atoms with van der Waals surface area (Å²) in [6, 6.07) is 0. The normalized spacial score (nSPS) is 21.2. The molecule has 0 saturated heterocycles. The number of aliphatic hydroxyl groups is 6. The minimum Gasteiger partial charge on any atom is -0.394 e. The first-order chi connectivity index (χ1) is 7.47. The molecule has 0 amide bonds. The van der Waals surface area contributed by atoms with Crippen LogP contribution in [0.1, 0.15) is 19.8 Å². The molecule has 0 heterocycles. The van der Waals surface area contributed by atoms with Gasteiger partial charge in [0.15, 0.2) is 0 Å². The van der Waals surface area contributed by atoms with E-state index in [9.17, 15) is 15.3 Å². The zero-order valence-electron chi connectivity index (χ0n) is 9.40. The molecule has 6 nitrogen and oxygen atoms in total. The van der Waals surface area contributed by atoms with E-state index >= 15 is 0 Å². The molecular weight excluding hydrogens is 216 g/mol. The van der Waals surface area contributed by atoms with Crippen molar-refractivity contribution in [1.29, 1.82) is 0 Å². The lowest BCUT2D eigenvalue weighted by Gasteiger charge is -2.28. The average Bonchev–Trinajstić information content (AvgIpc) is 2.32. The van der Waals surface area contributed by atoms with Crippen LogP contribution in [0.3, 0.4) is 0 Å². The highest BCUT2D eigenvalue weighted by atomic mass is 16.4. The maximum Gasteiger partial charge on any atom is 0.103 e. The van der Waals surface area contributed by atoms with E-state index < -0.39 is 43.5 Å². The Hall–Kier alpha value is -0.240. The van der Waals surface area contributed by atoms with Crippen LogP contribution in [0, 0.1) is 5.92 Å². The molecule has 0 radical (unpaired) electrons. The monoisotopic (exact) mass is 238 g/mol. The molecule has 0 bridgehead atoms. The molecule has 6 N–H and O–H groups in total. The molecule has 0 fully saturated rings. The first-order valence-electron chi connectivity index (χ1n) is 5.41. The Bertz CT molecular complexity index is 177. The van der Waals surface area contributed by atoms with Gasteiger partial charge in [0.05, 0.1) is 25.4 Å². The summed E-state index contributed by atoms with van der Waals surface area (Å²) in [7, 11) is 0. The first kappa shape index (κ1) is 15.8. The highest BCUT2D eigenvalue weighted by Gasteiger charge is 2.28. The Kier molecular flexibility index (Phi) is 7.82. The second-order valence-corrected chi connectivity index (χ2v) is 3.96. The van der Waals surface area contributed by atoms with Crippen molar-refractivity contribution in [1.82, 2.24) is 0 Å². The molecule has 0 aromatic rings. The van der Waals surface area contributed by atoms with Crippen molar-refractivity contribution >= 4 is 0 Å². The number of rotatable bonds is 8. The topological polar surface area (TPSA) is 121 Å². The molecule has 0 saturated carbocycles. The van der Waals surface area contributed by atoms with Gasteiger partial charge >= 0.3 is 0 Å². The highest BCUT2D eigenvalue weighted by Crippen LogP contribution is 2.19. The maximum absolute atomic E-state index is 9.62. The highest BCUT2D eigenvalue weighted by molar-refractivity contribution is 4.79. The van der Waals surface area contributed by atoms with Gasteiger partial charge in [-0.3, -0.25) is 0 Å². The lowest BCUT2D eigenvalue weighted by atomic mass is 9.88. The second kappa shape index (κ2) is 7.94. The number of hydrogen-bond acceptors (Lipinski definition) is 6. The molecule has 98 valence electrons. The summed E-state index contributed by atoms with van der Waals surface area (Å²) in [4.78, 5) is 0. The second-order valence-electron chi connectivity index (χ2n) is 3.96. The molecule has 0 aliphatic rings. The van der Waals surface area contributed by atoms with Crippen molar-refractivity contribution < 1.29 is 30.6 Å². The molecular formula is C10H22O6. The van der Waals surface area contributed by atoms with Gasteiger partial charge < -0.3 is 30.6 Å². The fourth-order valence-corrected chi connectivity index (χ4v) is 1.56. The molecule has 0 rings (SSSR count). The molecule has 0 aliphatic heterocycles. The van der Waals surface area contributed by atoms with E-state index in [0.29, 0.717) is 6.42 Å². The Labute approximate surface area is 94.8 Å². The van der Waals surface area contributed by atoms with Crippen molar-refractivity contribution in [2.24, 2.45) is 5.92 Å². The predicted molar refractivity (Wildman–Crippen MR) is 56.6 cm³/mol. The largest absolute Gasteiger partial charge is 0.394 e. The Balaban J connectivity index is 4.28. The van der Waals surface area contributed by atoms with Crippen molar-refractivity contribution in [3.63, 3.8) is 0 Å². The van der Waals surface area contributed by atoms with Crippen molar-refractivity contribution in [2.45, 2.75) is 44.2 Å². The van der Waals surface area contributed by atoms with E-state index in [1.54, 1.807) is 6.92 Å². The van der Waals surface area contributed by atoms with E-state index in [1.807, 2.05) is 0 Å². The van der Waals surface area contributed by atoms with E-state index in [4.69, 9.17) is 15.3 Å². The summed E-state index contributed by atoms with van der Waals surface area (Å²) < 4.78 is 0. The average molecular weight is 238 g/mol. The minimum absolute atomic E-state index is 0.0520. The fraction of sp³-hybridized carbons (Fsp3) is 1.00. The van der Waals surface area contributed by atoms with E-state index in [0.717, 1.165) is 0 Å². The van der Waals surface area contributed by atoms with Crippen molar-refractivity contribution in [3.05, 3.63) is 0 Å². The van der Waals surface area contributed by atoms with Gasteiger partial charge in [-0.1, -0.05) is 13.3 Å². The standard InChI is InChI=1S/C10H22O6/c1-2-6(10(16)9(15)5-12)3-7(13)8(14)4-11/h6-16H,2-5H2,1H3. The van der Waals surface area contributed by atoms with E-state index in [2.05, 4.69) is 0 Å². The van der Waals surface area contributed by atoms with Gasteiger partial charge in [-0.05, 0) is 12.3 Å². The molecule has 0 aliphatic carbocycles. The van der Waals surface area contributed by atoms with Gasteiger partial charge in [0.25, 0.3) is 0 Å². The minimum atomic E-state index is -1.26. The molecule has 5 unspecified atom stereocenters.